The molecule has 3 heteroatoms. The molecule has 0 saturated carbocycles. The van der Waals surface area contributed by atoms with Gasteiger partial charge < -0.3 is 10.2 Å². The first-order valence-corrected chi connectivity index (χ1v) is 7.12. The topological polar surface area (TPSA) is 28.2 Å². The zero-order valence-electron chi connectivity index (χ0n) is 11.5. The number of para-hydroxylation sites is 1. The standard InChI is InChI=1S/C16H21N3/c1-17-12-13-7-10-19(11-8-13)16-6-9-18-15-5-3-2-4-14(15)16/h2-6,9,13,17H,7-8,10-12H2,1H3. The molecule has 2 aromatic rings. The molecule has 3 nitrogen and oxygen atoms in total. The van der Waals surface area contributed by atoms with Gasteiger partial charge in [-0.1, -0.05) is 18.2 Å². The van der Waals surface area contributed by atoms with Crippen LogP contribution in [0, 0.1) is 5.92 Å². The fourth-order valence-electron chi connectivity index (χ4n) is 3.02. The van der Waals surface area contributed by atoms with E-state index in [9.17, 15) is 0 Å². The molecular formula is C16H21N3. The fraction of sp³-hybridized carbons (Fsp3) is 0.438. The van der Waals surface area contributed by atoms with Crippen LogP contribution < -0.4 is 10.2 Å². The van der Waals surface area contributed by atoms with E-state index in [4.69, 9.17) is 0 Å². The van der Waals surface area contributed by atoms with E-state index in [0.29, 0.717) is 0 Å². The van der Waals surface area contributed by atoms with Crippen LogP contribution in [0.3, 0.4) is 0 Å². The summed E-state index contributed by atoms with van der Waals surface area (Å²) in [5, 5.41) is 4.57. The van der Waals surface area contributed by atoms with Gasteiger partial charge in [-0.3, -0.25) is 4.98 Å². The second kappa shape index (κ2) is 5.57. The predicted molar refractivity (Wildman–Crippen MR) is 80.6 cm³/mol. The third kappa shape index (κ3) is 2.56. The highest BCUT2D eigenvalue weighted by atomic mass is 15.1. The predicted octanol–water partition coefficient (Wildman–Crippen LogP) is 2.67. The van der Waals surface area contributed by atoms with Crippen LogP contribution in [0.2, 0.25) is 0 Å². The first-order valence-electron chi connectivity index (χ1n) is 7.12. The van der Waals surface area contributed by atoms with Gasteiger partial charge in [0, 0.05) is 30.4 Å². The largest absolute Gasteiger partial charge is 0.371 e. The van der Waals surface area contributed by atoms with Crippen molar-refractivity contribution in [2.45, 2.75) is 12.8 Å². The SMILES string of the molecule is CNCC1CCN(c2ccnc3ccccc23)CC1. The summed E-state index contributed by atoms with van der Waals surface area (Å²) in [6.07, 6.45) is 4.48. The lowest BCUT2D eigenvalue weighted by Crippen LogP contribution is -2.36. The Morgan fingerprint density at radius 2 is 2.00 bits per heavy atom. The Bertz CT molecular complexity index is 539. The number of aromatic nitrogens is 1. The molecule has 1 fully saturated rings. The maximum Gasteiger partial charge on any atom is 0.0722 e. The Kier molecular flexibility index (Phi) is 3.65. The average molecular weight is 255 g/mol. The van der Waals surface area contributed by atoms with Crippen molar-refractivity contribution in [3.8, 4) is 0 Å². The molecule has 0 unspecified atom stereocenters. The van der Waals surface area contributed by atoms with Crippen molar-refractivity contribution in [3.63, 3.8) is 0 Å². The smallest absolute Gasteiger partial charge is 0.0722 e. The van der Waals surface area contributed by atoms with E-state index in [1.165, 1.54) is 23.9 Å². The molecule has 0 atom stereocenters. The molecule has 100 valence electrons. The monoisotopic (exact) mass is 255 g/mol. The zero-order valence-corrected chi connectivity index (χ0v) is 11.5. The second-order valence-electron chi connectivity index (χ2n) is 5.34. The van der Waals surface area contributed by atoms with Crippen molar-refractivity contribution >= 4 is 16.6 Å². The van der Waals surface area contributed by atoms with Gasteiger partial charge in [0.15, 0.2) is 0 Å². The van der Waals surface area contributed by atoms with Crippen molar-refractivity contribution in [3.05, 3.63) is 36.5 Å². The third-order valence-corrected chi connectivity index (χ3v) is 4.07. The summed E-state index contributed by atoms with van der Waals surface area (Å²) in [4.78, 5) is 6.95. The number of anilines is 1. The molecule has 1 N–H and O–H groups in total. The molecule has 0 radical (unpaired) electrons. The molecular weight excluding hydrogens is 234 g/mol. The van der Waals surface area contributed by atoms with E-state index in [1.54, 1.807) is 0 Å². The van der Waals surface area contributed by atoms with Crippen LogP contribution in [-0.2, 0) is 0 Å². The fourth-order valence-corrected chi connectivity index (χ4v) is 3.02. The number of nitrogens with zero attached hydrogens (tertiary/aromatic N) is 2. The van der Waals surface area contributed by atoms with Crippen LogP contribution in [0.1, 0.15) is 12.8 Å². The minimum atomic E-state index is 0.828. The van der Waals surface area contributed by atoms with Gasteiger partial charge >= 0.3 is 0 Å². The number of pyridine rings is 1. The molecule has 0 bridgehead atoms. The van der Waals surface area contributed by atoms with E-state index in [1.807, 2.05) is 13.2 Å². The van der Waals surface area contributed by atoms with Crippen molar-refractivity contribution in [2.24, 2.45) is 5.92 Å². The van der Waals surface area contributed by atoms with Gasteiger partial charge in [0.2, 0.25) is 0 Å². The van der Waals surface area contributed by atoms with Crippen LogP contribution in [-0.4, -0.2) is 31.7 Å². The van der Waals surface area contributed by atoms with Gasteiger partial charge in [-0.2, -0.15) is 0 Å². The van der Waals surface area contributed by atoms with Gasteiger partial charge in [-0.15, -0.1) is 0 Å². The Hall–Kier alpha value is -1.61. The van der Waals surface area contributed by atoms with Gasteiger partial charge in [-0.25, -0.2) is 0 Å². The lowest BCUT2D eigenvalue weighted by molar-refractivity contribution is 0.394. The number of fused-ring (bicyclic) bond motifs is 1. The number of benzene rings is 1. The van der Waals surface area contributed by atoms with Crippen molar-refractivity contribution < 1.29 is 0 Å². The first-order chi connectivity index (χ1) is 9.38. The quantitative estimate of drug-likeness (QED) is 0.914. The van der Waals surface area contributed by atoms with Gasteiger partial charge in [0.05, 0.1) is 5.52 Å². The van der Waals surface area contributed by atoms with Gasteiger partial charge in [-0.05, 0) is 44.5 Å². The summed E-state index contributed by atoms with van der Waals surface area (Å²) < 4.78 is 0. The molecule has 19 heavy (non-hydrogen) atoms. The molecule has 2 heterocycles. The molecule has 1 aliphatic rings. The molecule has 3 rings (SSSR count). The van der Waals surface area contributed by atoms with E-state index in [-0.39, 0.29) is 0 Å². The first kappa shape index (κ1) is 12.4. The maximum atomic E-state index is 4.44. The van der Waals surface area contributed by atoms with Crippen LogP contribution >= 0.6 is 0 Å². The molecule has 0 spiro atoms. The highest BCUT2D eigenvalue weighted by Crippen LogP contribution is 2.28. The number of hydrogen-bond acceptors (Lipinski definition) is 3. The van der Waals surface area contributed by atoms with E-state index in [0.717, 1.165) is 31.1 Å². The summed E-state index contributed by atoms with van der Waals surface area (Å²) in [5.41, 5.74) is 2.44. The number of rotatable bonds is 3. The Balaban J connectivity index is 1.82. The second-order valence-corrected chi connectivity index (χ2v) is 5.34. The average Bonchev–Trinajstić information content (AvgIpc) is 2.48. The molecule has 1 aromatic carbocycles. The lowest BCUT2D eigenvalue weighted by atomic mass is 9.96. The Morgan fingerprint density at radius 1 is 1.21 bits per heavy atom. The maximum absolute atomic E-state index is 4.44. The van der Waals surface area contributed by atoms with E-state index >= 15 is 0 Å². The molecule has 1 aromatic heterocycles. The third-order valence-electron chi connectivity index (χ3n) is 4.07. The van der Waals surface area contributed by atoms with Crippen molar-refractivity contribution in [2.75, 3.05) is 31.6 Å². The number of hydrogen-bond donors (Lipinski definition) is 1. The zero-order chi connectivity index (χ0) is 13.1. The summed E-state index contributed by atoms with van der Waals surface area (Å²) in [7, 11) is 2.04. The van der Waals surface area contributed by atoms with Gasteiger partial charge in [0.1, 0.15) is 0 Å². The van der Waals surface area contributed by atoms with Crippen LogP contribution in [0.5, 0.6) is 0 Å². The van der Waals surface area contributed by atoms with Crippen LogP contribution in [0.15, 0.2) is 36.5 Å². The summed E-state index contributed by atoms with van der Waals surface area (Å²) in [6, 6.07) is 10.6. The van der Waals surface area contributed by atoms with E-state index in [2.05, 4.69) is 45.5 Å². The minimum absolute atomic E-state index is 0.828. The van der Waals surface area contributed by atoms with Crippen LogP contribution in [0.4, 0.5) is 5.69 Å². The minimum Gasteiger partial charge on any atom is -0.371 e. The van der Waals surface area contributed by atoms with Crippen LogP contribution in [0.25, 0.3) is 10.9 Å². The molecule has 1 saturated heterocycles. The van der Waals surface area contributed by atoms with Crippen molar-refractivity contribution in [1.29, 1.82) is 0 Å². The summed E-state index contributed by atoms with van der Waals surface area (Å²) in [5.74, 6) is 0.828. The molecule has 1 aliphatic heterocycles. The lowest BCUT2D eigenvalue weighted by Gasteiger charge is -2.34. The number of nitrogens with one attached hydrogen (secondary N) is 1. The summed E-state index contributed by atoms with van der Waals surface area (Å²) in [6.45, 7) is 3.45. The Morgan fingerprint density at radius 3 is 2.79 bits per heavy atom. The normalized spacial score (nSPS) is 17.0. The highest BCUT2D eigenvalue weighted by molar-refractivity contribution is 5.91. The molecule has 0 aliphatic carbocycles. The Labute approximate surface area is 114 Å². The number of piperidine rings is 1. The highest BCUT2D eigenvalue weighted by Gasteiger charge is 2.19. The van der Waals surface area contributed by atoms with Gasteiger partial charge in [0.25, 0.3) is 0 Å². The summed E-state index contributed by atoms with van der Waals surface area (Å²) >= 11 is 0. The van der Waals surface area contributed by atoms with E-state index < -0.39 is 0 Å². The van der Waals surface area contributed by atoms with Crippen molar-refractivity contribution in [1.82, 2.24) is 10.3 Å². The molecule has 0 amide bonds.